The van der Waals surface area contributed by atoms with Gasteiger partial charge in [-0.1, -0.05) is 23.2 Å². The lowest BCUT2D eigenvalue weighted by Crippen LogP contribution is -2.20. The Labute approximate surface area is 118 Å². The van der Waals surface area contributed by atoms with E-state index in [0.717, 1.165) is 32.5 Å². The molecule has 3 nitrogen and oxygen atoms in total. The van der Waals surface area contributed by atoms with Gasteiger partial charge < -0.3 is 14.8 Å². The molecule has 0 aliphatic carbocycles. The zero-order chi connectivity index (χ0) is 13.2. The van der Waals surface area contributed by atoms with Crippen LogP contribution in [-0.4, -0.2) is 33.4 Å². The Hall–Kier alpha value is -0.480. The van der Waals surface area contributed by atoms with E-state index >= 15 is 0 Å². The molecule has 1 N–H and O–H groups in total. The third kappa shape index (κ3) is 6.45. The van der Waals surface area contributed by atoms with Gasteiger partial charge >= 0.3 is 0 Å². The van der Waals surface area contributed by atoms with Gasteiger partial charge in [-0.25, -0.2) is 0 Å². The van der Waals surface area contributed by atoms with Gasteiger partial charge in [-0.15, -0.1) is 0 Å². The van der Waals surface area contributed by atoms with Gasteiger partial charge in [-0.2, -0.15) is 0 Å². The van der Waals surface area contributed by atoms with Crippen LogP contribution in [0.15, 0.2) is 18.2 Å². The Kier molecular flexibility index (Phi) is 8.18. The van der Waals surface area contributed by atoms with Gasteiger partial charge in [0, 0.05) is 18.7 Å². The number of ether oxygens (including phenoxy) is 2. The monoisotopic (exact) mass is 291 g/mol. The van der Waals surface area contributed by atoms with Crippen molar-refractivity contribution in [1.29, 1.82) is 0 Å². The molecule has 5 heteroatoms. The average Bonchev–Trinajstić information content (AvgIpc) is 2.35. The highest BCUT2D eigenvalue weighted by Crippen LogP contribution is 2.27. The molecule has 0 amide bonds. The smallest absolute Gasteiger partial charge is 0.137 e. The van der Waals surface area contributed by atoms with E-state index < -0.39 is 0 Å². The summed E-state index contributed by atoms with van der Waals surface area (Å²) in [7, 11) is 1.70. The number of hydrogen-bond acceptors (Lipinski definition) is 3. The van der Waals surface area contributed by atoms with E-state index in [4.69, 9.17) is 32.7 Å². The molecular weight excluding hydrogens is 273 g/mol. The Morgan fingerprint density at radius 1 is 1.11 bits per heavy atom. The van der Waals surface area contributed by atoms with Gasteiger partial charge in [0.05, 0.1) is 18.2 Å². The van der Waals surface area contributed by atoms with Crippen LogP contribution in [0, 0.1) is 0 Å². The van der Waals surface area contributed by atoms with Crippen LogP contribution in [0.25, 0.3) is 0 Å². The SMILES string of the molecule is COCCNCCCCOc1ccc(Cl)cc1Cl. The van der Waals surface area contributed by atoms with Crippen molar-refractivity contribution in [3.63, 3.8) is 0 Å². The first-order valence-electron chi connectivity index (χ1n) is 6.01. The van der Waals surface area contributed by atoms with E-state index in [2.05, 4.69) is 5.32 Å². The van der Waals surface area contributed by atoms with E-state index in [1.54, 1.807) is 25.3 Å². The van der Waals surface area contributed by atoms with Crippen LogP contribution >= 0.6 is 23.2 Å². The molecule has 0 atom stereocenters. The Morgan fingerprint density at radius 3 is 2.67 bits per heavy atom. The average molecular weight is 292 g/mol. The lowest BCUT2D eigenvalue weighted by molar-refractivity contribution is 0.199. The topological polar surface area (TPSA) is 30.5 Å². The van der Waals surface area contributed by atoms with Crippen LogP contribution in [0.3, 0.4) is 0 Å². The molecule has 0 heterocycles. The highest BCUT2D eigenvalue weighted by Gasteiger charge is 2.01. The van der Waals surface area contributed by atoms with Crippen molar-refractivity contribution in [1.82, 2.24) is 5.32 Å². The number of hydrogen-bond donors (Lipinski definition) is 1. The summed E-state index contributed by atoms with van der Waals surface area (Å²) >= 11 is 11.8. The highest BCUT2D eigenvalue weighted by atomic mass is 35.5. The second kappa shape index (κ2) is 9.45. The third-order valence-corrected chi connectivity index (χ3v) is 2.91. The molecule has 1 aromatic carbocycles. The molecule has 0 saturated heterocycles. The fourth-order valence-electron chi connectivity index (χ4n) is 1.43. The molecule has 0 unspecified atom stereocenters. The molecule has 0 bridgehead atoms. The fourth-order valence-corrected chi connectivity index (χ4v) is 1.89. The first kappa shape index (κ1) is 15.6. The Morgan fingerprint density at radius 2 is 1.94 bits per heavy atom. The van der Waals surface area contributed by atoms with Crippen LogP contribution in [-0.2, 0) is 4.74 Å². The summed E-state index contributed by atoms with van der Waals surface area (Å²) in [5, 5.41) is 4.46. The molecule has 1 aromatic rings. The summed E-state index contributed by atoms with van der Waals surface area (Å²) in [4.78, 5) is 0. The molecule has 0 aromatic heterocycles. The van der Waals surface area contributed by atoms with Crippen molar-refractivity contribution in [2.75, 3.05) is 33.4 Å². The minimum Gasteiger partial charge on any atom is -0.492 e. The Balaban J connectivity index is 2.07. The summed E-state index contributed by atoms with van der Waals surface area (Å²) in [5.41, 5.74) is 0. The molecule has 0 aliphatic heterocycles. The second-order valence-electron chi connectivity index (χ2n) is 3.87. The van der Waals surface area contributed by atoms with Crippen LogP contribution in [0.2, 0.25) is 10.0 Å². The molecule has 0 saturated carbocycles. The minimum absolute atomic E-state index is 0.556. The van der Waals surface area contributed by atoms with Gasteiger partial charge in [0.1, 0.15) is 5.75 Å². The van der Waals surface area contributed by atoms with Crippen molar-refractivity contribution < 1.29 is 9.47 Å². The molecule has 102 valence electrons. The van der Waals surface area contributed by atoms with Crippen LogP contribution < -0.4 is 10.1 Å². The van der Waals surface area contributed by atoms with Crippen LogP contribution in [0.1, 0.15) is 12.8 Å². The zero-order valence-corrected chi connectivity index (χ0v) is 12.1. The summed E-state index contributed by atoms with van der Waals surface area (Å²) in [6.45, 7) is 3.27. The maximum absolute atomic E-state index is 5.99. The van der Waals surface area contributed by atoms with Crippen molar-refractivity contribution in [2.45, 2.75) is 12.8 Å². The van der Waals surface area contributed by atoms with Crippen molar-refractivity contribution in [3.05, 3.63) is 28.2 Å². The van der Waals surface area contributed by atoms with Crippen molar-refractivity contribution >= 4 is 23.2 Å². The standard InChI is InChI=1S/C13H19Cl2NO2/c1-17-9-7-16-6-2-3-8-18-13-5-4-11(14)10-12(13)15/h4-5,10,16H,2-3,6-9H2,1H3. The van der Waals surface area contributed by atoms with Crippen molar-refractivity contribution in [3.8, 4) is 5.75 Å². The summed E-state index contributed by atoms with van der Waals surface area (Å²) in [6, 6.07) is 5.25. The van der Waals surface area contributed by atoms with Gasteiger partial charge in [0.15, 0.2) is 0 Å². The lowest BCUT2D eigenvalue weighted by atomic mass is 10.3. The molecule has 0 fully saturated rings. The molecule has 0 radical (unpaired) electrons. The number of nitrogens with one attached hydrogen (secondary N) is 1. The van der Waals surface area contributed by atoms with E-state index in [1.807, 2.05) is 0 Å². The molecule has 18 heavy (non-hydrogen) atoms. The third-order valence-electron chi connectivity index (χ3n) is 2.38. The minimum atomic E-state index is 0.556. The van der Waals surface area contributed by atoms with Gasteiger partial charge in [-0.05, 0) is 37.6 Å². The van der Waals surface area contributed by atoms with E-state index in [9.17, 15) is 0 Å². The first-order valence-corrected chi connectivity index (χ1v) is 6.77. The summed E-state index contributed by atoms with van der Waals surface area (Å²) in [6.07, 6.45) is 2.05. The van der Waals surface area contributed by atoms with Crippen molar-refractivity contribution in [2.24, 2.45) is 0 Å². The molecular formula is C13H19Cl2NO2. The quantitative estimate of drug-likeness (QED) is 0.708. The summed E-state index contributed by atoms with van der Waals surface area (Å²) in [5.74, 6) is 0.688. The fraction of sp³-hybridized carbons (Fsp3) is 0.538. The number of methoxy groups -OCH3 is 1. The number of unbranched alkanes of at least 4 members (excludes halogenated alkanes) is 1. The number of halogens is 2. The highest BCUT2D eigenvalue weighted by molar-refractivity contribution is 6.35. The number of benzene rings is 1. The molecule has 0 spiro atoms. The molecule has 0 aliphatic rings. The maximum Gasteiger partial charge on any atom is 0.137 e. The van der Waals surface area contributed by atoms with Gasteiger partial charge in [0.25, 0.3) is 0 Å². The molecule has 1 rings (SSSR count). The van der Waals surface area contributed by atoms with Gasteiger partial charge in [0.2, 0.25) is 0 Å². The summed E-state index contributed by atoms with van der Waals surface area (Å²) < 4.78 is 10.5. The van der Waals surface area contributed by atoms with E-state index in [-0.39, 0.29) is 0 Å². The Bertz CT molecular complexity index is 348. The lowest BCUT2D eigenvalue weighted by Gasteiger charge is -2.08. The van der Waals surface area contributed by atoms with Crippen LogP contribution in [0.4, 0.5) is 0 Å². The number of rotatable bonds is 9. The van der Waals surface area contributed by atoms with E-state index in [1.165, 1.54) is 0 Å². The maximum atomic E-state index is 5.99. The predicted molar refractivity (Wildman–Crippen MR) is 75.9 cm³/mol. The first-order chi connectivity index (χ1) is 8.74. The zero-order valence-electron chi connectivity index (χ0n) is 10.5. The normalized spacial score (nSPS) is 10.6. The predicted octanol–water partition coefficient (Wildman–Crippen LogP) is 3.39. The van der Waals surface area contributed by atoms with Crippen LogP contribution in [0.5, 0.6) is 5.75 Å². The van der Waals surface area contributed by atoms with E-state index in [0.29, 0.717) is 22.4 Å². The largest absolute Gasteiger partial charge is 0.492 e. The second-order valence-corrected chi connectivity index (χ2v) is 4.72. The van der Waals surface area contributed by atoms with Gasteiger partial charge in [-0.3, -0.25) is 0 Å².